The van der Waals surface area contributed by atoms with Crippen LogP contribution in [0.4, 0.5) is 5.69 Å². The molecule has 19 heavy (non-hydrogen) atoms. The maximum Gasteiger partial charge on any atom is 0.215 e. The number of carbonyl (C=O) groups is 1. The van der Waals surface area contributed by atoms with Crippen molar-refractivity contribution < 1.29 is 14.3 Å². The molecule has 0 bridgehead atoms. The Kier molecular flexibility index (Phi) is 3.66. The molecule has 0 saturated carbocycles. The smallest absolute Gasteiger partial charge is 0.215 e. The van der Waals surface area contributed by atoms with Gasteiger partial charge in [0, 0.05) is 0 Å². The lowest BCUT2D eigenvalue weighted by Gasteiger charge is -2.09. The van der Waals surface area contributed by atoms with E-state index in [0.717, 1.165) is 0 Å². The molecule has 0 aliphatic heterocycles. The van der Waals surface area contributed by atoms with E-state index in [4.69, 9.17) is 15.2 Å². The minimum Gasteiger partial charge on any atom is -0.497 e. The number of carbonyl (C=O) groups excluding carboxylic acids is 1. The zero-order valence-corrected chi connectivity index (χ0v) is 10.7. The molecule has 0 saturated heterocycles. The van der Waals surface area contributed by atoms with Gasteiger partial charge >= 0.3 is 0 Å². The lowest BCUT2D eigenvalue weighted by molar-refractivity contribution is 0.103. The molecule has 0 radical (unpaired) electrons. The fraction of sp³-hybridized carbons (Fsp3) is 0.143. The standard InChI is InChI=1S/C14H14N2O3/c1-18-10-4-6-13(19-2)11(7-10)14(17)12-5-3-9(15)8-16-12/h3-8H,15H2,1-2H3. The molecule has 0 fully saturated rings. The van der Waals surface area contributed by atoms with Gasteiger partial charge in [-0.05, 0) is 30.3 Å². The van der Waals surface area contributed by atoms with Crippen molar-refractivity contribution >= 4 is 11.5 Å². The third-order valence-electron chi connectivity index (χ3n) is 2.67. The minimum absolute atomic E-state index is 0.240. The highest BCUT2D eigenvalue weighted by Gasteiger charge is 2.16. The number of nitrogens with two attached hydrogens (primary N) is 1. The zero-order valence-electron chi connectivity index (χ0n) is 10.7. The molecule has 2 N–H and O–H groups in total. The lowest BCUT2D eigenvalue weighted by Crippen LogP contribution is -2.06. The van der Waals surface area contributed by atoms with E-state index in [1.807, 2.05) is 0 Å². The second-order valence-electron chi connectivity index (χ2n) is 3.87. The number of rotatable bonds is 4. The predicted octanol–water partition coefficient (Wildman–Crippen LogP) is 1.91. The fourth-order valence-electron chi connectivity index (χ4n) is 1.67. The third-order valence-corrected chi connectivity index (χ3v) is 2.67. The number of nitrogens with zero attached hydrogens (tertiary/aromatic N) is 1. The van der Waals surface area contributed by atoms with E-state index in [9.17, 15) is 4.79 Å². The van der Waals surface area contributed by atoms with Crippen LogP contribution in [-0.2, 0) is 0 Å². The summed E-state index contributed by atoms with van der Waals surface area (Å²) in [6, 6.07) is 8.25. The first kappa shape index (κ1) is 12.9. The second-order valence-corrected chi connectivity index (χ2v) is 3.87. The van der Waals surface area contributed by atoms with Crippen LogP contribution in [0.15, 0.2) is 36.5 Å². The predicted molar refractivity (Wildman–Crippen MR) is 71.6 cm³/mol. The molecule has 0 unspecified atom stereocenters. The summed E-state index contributed by atoms with van der Waals surface area (Å²) >= 11 is 0. The monoisotopic (exact) mass is 258 g/mol. The zero-order chi connectivity index (χ0) is 13.8. The van der Waals surface area contributed by atoms with Crippen molar-refractivity contribution in [2.24, 2.45) is 0 Å². The lowest BCUT2D eigenvalue weighted by atomic mass is 10.1. The van der Waals surface area contributed by atoms with Gasteiger partial charge in [0.25, 0.3) is 0 Å². The van der Waals surface area contributed by atoms with Crippen molar-refractivity contribution in [3.8, 4) is 11.5 Å². The van der Waals surface area contributed by atoms with Crippen LogP contribution in [0, 0.1) is 0 Å². The van der Waals surface area contributed by atoms with E-state index in [2.05, 4.69) is 4.98 Å². The van der Waals surface area contributed by atoms with Gasteiger partial charge in [0.15, 0.2) is 0 Å². The molecule has 5 nitrogen and oxygen atoms in total. The average Bonchev–Trinajstić information content (AvgIpc) is 2.46. The Bertz CT molecular complexity index is 594. The number of ether oxygens (including phenoxy) is 2. The third kappa shape index (κ3) is 2.65. The number of methoxy groups -OCH3 is 2. The molecule has 1 aromatic heterocycles. The van der Waals surface area contributed by atoms with Crippen LogP contribution in [0.1, 0.15) is 16.1 Å². The summed E-state index contributed by atoms with van der Waals surface area (Å²) in [6.07, 6.45) is 1.44. The maximum atomic E-state index is 12.4. The number of aromatic nitrogens is 1. The van der Waals surface area contributed by atoms with Gasteiger partial charge < -0.3 is 15.2 Å². The van der Waals surface area contributed by atoms with Gasteiger partial charge in [-0.2, -0.15) is 0 Å². The van der Waals surface area contributed by atoms with Crippen molar-refractivity contribution in [1.82, 2.24) is 4.98 Å². The molecule has 0 spiro atoms. The Balaban J connectivity index is 2.44. The van der Waals surface area contributed by atoms with Crippen LogP contribution in [0.25, 0.3) is 0 Å². The summed E-state index contributed by atoms with van der Waals surface area (Å²) in [5.74, 6) is 0.819. The topological polar surface area (TPSA) is 74.4 Å². The molecular weight excluding hydrogens is 244 g/mol. The fourth-order valence-corrected chi connectivity index (χ4v) is 1.67. The quantitative estimate of drug-likeness (QED) is 0.848. The molecule has 0 atom stereocenters. The van der Waals surface area contributed by atoms with E-state index in [-0.39, 0.29) is 5.78 Å². The average molecular weight is 258 g/mol. The molecule has 0 aliphatic rings. The largest absolute Gasteiger partial charge is 0.497 e. The highest BCUT2D eigenvalue weighted by Crippen LogP contribution is 2.26. The summed E-state index contributed by atoms with van der Waals surface area (Å²) in [6.45, 7) is 0. The van der Waals surface area contributed by atoms with Crippen LogP contribution in [0.2, 0.25) is 0 Å². The molecule has 2 aromatic rings. The molecule has 98 valence electrons. The summed E-state index contributed by atoms with van der Waals surface area (Å²) in [5.41, 5.74) is 6.77. The molecule has 2 rings (SSSR count). The number of nitrogen functional groups attached to an aromatic ring is 1. The number of anilines is 1. The van der Waals surface area contributed by atoms with E-state index in [1.165, 1.54) is 20.4 Å². The molecule has 0 aliphatic carbocycles. The summed E-state index contributed by atoms with van der Waals surface area (Å²) in [4.78, 5) is 16.4. The summed E-state index contributed by atoms with van der Waals surface area (Å²) in [5, 5.41) is 0. The van der Waals surface area contributed by atoms with Crippen molar-refractivity contribution in [3.63, 3.8) is 0 Å². The molecule has 5 heteroatoms. The normalized spacial score (nSPS) is 10.0. The first-order valence-corrected chi connectivity index (χ1v) is 5.64. The van der Waals surface area contributed by atoms with Crippen molar-refractivity contribution in [3.05, 3.63) is 47.8 Å². The minimum atomic E-state index is -0.240. The second kappa shape index (κ2) is 5.39. The molecule has 0 amide bonds. The summed E-state index contributed by atoms with van der Waals surface area (Å²) < 4.78 is 10.3. The Hall–Kier alpha value is -2.56. The first-order valence-electron chi connectivity index (χ1n) is 5.64. The van der Waals surface area contributed by atoms with Gasteiger partial charge in [0.2, 0.25) is 5.78 Å². The number of hydrogen-bond donors (Lipinski definition) is 1. The van der Waals surface area contributed by atoms with Crippen molar-refractivity contribution in [1.29, 1.82) is 0 Å². The van der Waals surface area contributed by atoms with Crippen LogP contribution < -0.4 is 15.2 Å². The van der Waals surface area contributed by atoms with Gasteiger partial charge in [0.05, 0.1) is 31.7 Å². The molecule has 1 aromatic carbocycles. The number of pyridine rings is 1. The van der Waals surface area contributed by atoms with Gasteiger partial charge in [-0.15, -0.1) is 0 Å². The number of hydrogen-bond acceptors (Lipinski definition) is 5. The Morgan fingerprint density at radius 2 is 1.95 bits per heavy atom. The molecular formula is C14H14N2O3. The Morgan fingerprint density at radius 1 is 1.16 bits per heavy atom. The van der Waals surface area contributed by atoms with Crippen LogP contribution in [0.5, 0.6) is 11.5 Å². The Morgan fingerprint density at radius 3 is 2.53 bits per heavy atom. The van der Waals surface area contributed by atoms with E-state index in [0.29, 0.717) is 28.4 Å². The summed E-state index contributed by atoms with van der Waals surface area (Å²) in [7, 11) is 3.05. The van der Waals surface area contributed by atoms with E-state index in [1.54, 1.807) is 30.3 Å². The number of benzene rings is 1. The molecule has 1 heterocycles. The Labute approximate surface area is 111 Å². The highest BCUT2D eigenvalue weighted by atomic mass is 16.5. The number of ketones is 1. The van der Waals surface area contributed by atoms with Gasteiger partial charge in [-0.25, -0.2) is 0 Å². The van der Waals surface area contributed by atoms with Crippen LogP contribution in [0.3, 0.4) is 0 Å². The van der Waals surface area contributed by atoms with Crippen LogP contribution in [-0.4, -0.2) is 25.0 Å². The van der Waals surface area contributed by atoms with Gasteiger partial charge in [0.1, 0.15) is 17.2 Å². The van der Waals surface area contributed by atoms with Gasteiger partial charge in [-0.3, -0.25) is 9.78 Å². The van der Waals surface area contributed by atoms with Crippen molar-refractivity contribution in [2.75, 3.05) is 20.0 Å². The van der Waals surface area contributed by atoms with Gasteiger partial charge in [-0.1, -0.05) is 0 Å². The van der Waals surface area contributed by atoms with Crippen molar-refractivity contribution in [2.45, 2.75) is 0 Å². The highest BCUT2D eigenvalue weighted by molar-refractivity contribution is 6.09. The first-order chi connectivity index (χ1) is 9.15. The maximum absolute atomic E-state index is 12.4. The van der Waals surface area contributed by atoms with E-state index >= 15 is 0 Å². The van der Waals surface area contributed by atoms with E-state index < -0.39 is 0 Å². The SMILES string of the molecule is COc1ccc(OC)c(C(=O)c2ccc(N)cn2)c1. The van der Waals surface area contributed by atoms with Crippen LogP contribution >= 0.6 is 0 Å².